The Morgan fingerprint density at radius 3 is 2.95 bits per heavy atom. The highest BCUT2D eigenvalue weighted by molar-refractivity contribution is 7.09. The smallest absolute Gasteiger partial charge is 0.205 e. The van der Waals surface area contributed by atoms with E-state index in [1.807, 2.05) is 13.0 Å². The van der Waals surface area contributed by atoms with Crippen molar-refractivity contribution in [2.75, 3.05) is 11.4 Å². The zero-order chi connectivity index (χ0) is 14.8. The Balaban J connectivity index is 1.82. The predicted octanol–water partition coefficient (Wildman–Crippen LogP) is 4.37. The first kappa shape index (κ1) is 14.6. The summed E-state index contributed by atoms with van der Waals surface area (Å²) in [5, 5.41) is 1.05. The molecular weight excluding hydrogens is 282 g/mol. The van der Waals surface area contributed by atoms with Gasteiger partial charge in [0.1, 0.15) is 17.3 Å². The zero-order valence-electron chi connectivity index (χ0n) is 13.0. The van der Waals surface area contributed by atoms with E-state index in [2.05, 4.69) is 29.2 Å². The summed E-state index contributed by atoms with van der Waals surface area (Å²) in [7, 11) is 0. The highest BCUT2D eigenvalue weighted by atomic mass is 32.1. The van der Waals surface area contributed by atoms with E-state index < -0.39 is 0 Å². The van der Waals surface area contributed by atoms with Crippen LogP contribution in [0.2, 0.25) is 0 Å². The summed E-state index contributed by atoms with van der Waals surface area (Å²) in [5.74, 6) is 3.61. The van der Waals surface area contributed by atoms with Crippen LogP contribution < -0.4 is 4.90 Å². The molecule has 0 N–H and O–H groups in total. The first-order chi connectivity index (χ1) is 10.1. The average Bonchev–Trinajstić information content (AvgIpc) is 3.07. The number of furan rings is 1. The molecule has 0 aliphatic carbocycles. The molecule has 4 nitrogen and oxygen atoms in total. The molecule has 0 spiro atoms. The summed E-state index contributed by atoms with van der Waals surface area (Å²) >= 11 is 1.53. The largest absolute Gasteiger partial charge is 0.464 e. The third-order valence-electron chi connectivity index (χ3n) is 3.89. The number of rotatable bonds is 4. The van der Waals surface area contributed by atoms with Gasteiger partial charge in [0.05, 0.1) is 6.04 Å². The van der Waals surface area contributed by atoms with Gasteiger partial charge in [0.25, 0.3) is 0 Å². The van der Waals surface area contributed by atoms with Gasteiger partial charge >= 0.3 is 0 Å². The van der Waals surface area contributed by atoms with Crippen LogP contribution in [0.3, 0.4) is 0 Å². The number of aryl methyl sites for hydroxylation is 1. The summed E-state index contributed by atoms with van der Waals surface area (Å²) in [6, 6.07) is 4.47. The Kier molecular flexibility index (Phi) is 4.29. The van der Waals surface area contributed by atoms with Gasteiger partial charge in [-0.25, -0.2) is 4.98 Å². The van der Waals surface area contributed by atoms with E-state index in [4.69, 9.17) is 9.40 Å². The van der Waals surface area contributed by atoms with Crippen molar-refractivity contribution in [3.05, 3.63) is 29.5 Å². The van der Waals surface area contributed by atoms with Crippen molar-refractivity contribution >= 4 is 16.7 Å². The molecule has 5 heteroatoms. The van der Waals surface area contributed by atoms with Crippen LogP contribution in [0.15, 0.2) is 16.5 Å². The van der Waals surface area contributed by atoms with Crippen LogP contribution in [0, 0.1) is 12.8 Å². The molecule has 1 unspecified atom stereocenters. The van der Waals surface area contributed by atoms with Crippen LogP contribution in [-0.2, 0) is 6.42 Å². The van der Waals surface area contributed by atoms with Crippen LogP contribution >= 0.6 is 11.5 Å². The molecule has 3 heterocycles. The summed E-state index contributed by atoms with van der Waals surface area (Å²) in [6.45, 7) is 7.45. The predicted molar refractivity (Wildman–Crippen MR) is 85.8 cm³/mol. The molecule has 2 aromatic heterocycles. The number of piperidine rings is 1. The maximum Gasteiger partial charge on any atom is 0.205 e. The van der Waals surface area contributed by atoms with Gasteiger partial charge in [0, 0.05) is 24.5 Å². The van der Waals surface area contributed by atoms with Crippen LogP contribution in [0.5, 0.6) is 0 Å². The summed E-state index contributed by atoms with van der Waals surface area (Å²) in [5.41, 5.74) is 0. The topological polar surface area (TPSA) is 42.2 Å². The zero-order valence-corrected chi connectivity index (χ0v) is 13.8. The molecule has 1 saturated heterocycles. The van der Waals surface area contributed by atoms with Gasteiger partial charge < -0.3 is 9.32 Å². The van der Waals surface area contributed by atoms with E-state index in [9.17, 15) is 0 Å². The average molecular weight is 305 g/mol. The molecule has 0 radical (unpaired) electrons. The van der Waals surface area contributed by atoms with Gasteiger partial charge in [0.2, 0.25) is 5.13 Å². The minimum absolute atomic E-state index is 0.312. The van der Waals surface area contributed by atoms with Crippen molar-refractivity contribution in [3.63, 3.8) is 0 Å². The molecule has 0 aromatic carbocycles. The number of hydrogen-bond donors (Lipinski definition) is 0. The van der Waals surface area contributed by atoms with E-state index in [-0.39, 0.29) is 0 Å². The summed E-state index contributed by atoms with van der Waals surface area (Å²) < 4.78 is 10.4. The lowest BCUT2D eigenvalue weighted by Gasteiger charge is -2.33. The van der Waals surface area contributed by atoms with E-state index in [1.54, 1.807) is 0 Å². The third-order valence-corrected chi connectivity index (χ3v) is 4.68. The fourth-order valence-corrected chi connectivity index (χ4v) is 3.67. The standard InChI is InChI=1S/C16H23N3OS/c1-11(2)10-15-17-16(21-18-15)19-9-5-4-6-13(19)14-8-7-12(3)20-14/h7-8,11,13H,4-6,9-10H2,1-3H3. The van der Waals surface area contributed by atoms with Gasteiger partial charge in [-0.15, -0.1) is 0 Å². The molecule has 1 aliphatic rings. The number of nitrogens with zero attached hydrogens (tertiary/aromatic N) is 3. The van der Waals surface area contributed by atoms with Crippen LogP contribution in [0.25, 0.3) is 0 Å². The molecule has 0 saturated carbocycles. The highest BCUT2D eigenvalue weighted by Crippen LogP contribution is 2.36. The van der Waals surface area contributed by atoms with Crippen molar-refractivity contribution in [3.8, 4) is 0 Å². The molecule has 1 aliphatic heterocycles. The maximum absolute atomic E-state index is 5.86. The highest BCUT2D eigenvalue weighted by Gasteiger charge is 2.28. The Labute approximate surface area is 130 Å². The monoisotopic (exact) mass is 305 g/mol. The lowest BCUT2D eigenvalue weighted by Crippen LogP contribution is -2.33. The fraction of sp³-hybridized carbons (Fsp3) is 0.625. The molecule has 0 amide bonds. The van der Waals surface area contributed by atoms with Crippen molar-refractivity contribution in [1.29, 1.82) is 0 Å². The molecule has 21 heavy (non-hydrogen) atoms. The molecule has 1 atom stereocenters. The van der Waals surface area contributed by atoms with Crippen LogP contribution in [-0.4, -0.2) is 15.9 Å². The van der Waals surface area contributed by atoms with E-state index in [0.717, 1.165) is 41.9 Å². The van der Waals surface area contributed by atoms with Gasteiger partial charge in [-0.3, -0.25) is 0 Å². The van der Waals surface area contributed by atoms with Crippen molar-refractivity contribution < 1.29 is 4.42 Å². The van der Waals surface area contributed by atoms with Crippen LogP contribution in [0.1, 0.15) is 56.5 Å². The van der Waals surface area contributed by atoms with Crippen molar-refractivity contribution in [2.24, 2.45) is 5.92 Å². The maximum atomic E-state index is 5.86. The Bertz CT molecular complexity index is 590. The van der Waals surface area contributed by atoms with E-state index >= 15 is 0 Å². The first-order valence-corrected chi connectivity index (χ1v) is 8.56. The Morgan fingerprint density at radius 2 is 2.24 bits per heavy atom. The minimum Gasteiger partial charge on any atom is -0.464 e. The van der Waals surface area contributed by atoms with E-state index in [0.29, 0.717) is 12.0 Å². The quantitative estimate of drug-likeness (QED) is 0.841. The molecule has 2 aromatic rings. The second-order valence-corrected chi connectivity index (χ2v) is 6.97. The second-order valence-electron chi connectivity index (χ2n) is 6.24. The minimum atomic E-state index is 0.312. The molecule has 1 fully saturated rings. The number of anilines is 1. The third kappa shape index (κ3) is 3.28. The van der Waals surface area contributed by atoms with Crippen molar-refractivity contribution in [2.45, 2.75) is 52.5 Å². The van der Waals surface area contributed by atoms with Crippen molar-refractivity contribution in [1.82, 2.24) is 9.36 Å². The lowest BCUT2D eigenvalue weighted by molar-refractivity contribution is 0.382. The summed E-state index contributed by atoms with van der Waals surface area (Å²) in [4.78, 5) is 7.13. The SMILES string of the molecule is Cc1ccc(C2CCCCN2c2nc(CC(C)C)ns2)o1. The molecule has 0 bridgehead atoms. The van der Waals surface area contributed by atoms with Gasteiger partial charge in [0.15, 0.2) is 0 Å². The lowest BCUT2D eigenvalue weighted by atomic mass is 10.0. The summed E-state index contributed by atoms with van der Waals surface area (Å²) in [6.07, 6.45) is 4.55. The first-order valence-electron chi connectivity index (χ1n) is 7.79. The number of hydrogen-bond acceptors (Lipinski definition) is 5. The van der Waals surface area contributed by atoms with E-state index in [1.165, 1.54) is 24.4 Å². The van der Waals surface area contributed by atoms with Crippen LogP contribution in [0.4, 0.5) is 5.13 Å². The van der Waals surface area contributed by atoms with Gasteiger partial charge in [-0.1, -0.05) is 13.8 Å². The molecular formula is C16H23N3OS. The van der Waals surface area contributed by atoms with Gasteiger partial charge in [-0.05, 0) is 44.2 Å². The molecule has 3 rings (SSSR count). The fourth-order valence-electron chi connectivity index (χ4n) is 2.90. The van der Waals surface area contributed by atoms with Gasteiger partial charge in [-0.2, -0.15) is 4.37 Å². The normalized spacial score (nSPS) is 19.4. The Hall–Kier alpha value is -1.36. The Morgan fingerprint density at radius 1 is 1.38 bits per heavy atom. The second kappa shape index (κ2) is 6.18. The number of aromatic nitrogens is 2. The molecule has 114 valence electrons.